The van der Waals surface area contributed by atoms with Gasteiger partial charge in [-0.3, -0.25) is 0 Å². The van der Waals surface area contributed by atoms with Crippen molar-refractivity contribution in [3.63, 3.8) is 0 Å². The lowest BCUT2D eigenvalue weighted by molar-refractivity contribution is 0.300. The van der Waals surface area contributed by atoms with Crippen LogP contribution in [0.15, 0.2) is 36.4 Å². The highest BCUT2D eigenvalue weighted by molar-refractivity contribution is 14.1. The van der Waals surface area contributed by atoms with Crippen molar-refractivity contribution in [2.45, 2.75) is 18.3 Å². The molecule has 0 saturated heterocycles. The summed E-state index contributed by atoms with van der Waals surface area (Å²) in [7, 11) is 8.72. The van der Waals surface area contributed by atoms with Crippen LogP contribution in [0.25, 0.3) is 11.1 Å². The molecule has 0 amide bonds. The van der Waals surface area contributed by atoms with Crippen LogP contribution in [0.2, 0.25) is 0 Å². The van der Waals surface area contributed by atoms with Gasteiger partial charge in [-0.05, 0) is 146 Å². The molecule has 2 nitrogen and oxygen atoms in total. The van der Waals surface area contributed by atoms with Crippen molar-refractivity contribution >= 4 is 45.2 Å². The molecule has 1 aliphatic rings. The molecule has 0 aliphatic heterocycles. The lowest BCUT2D eigenvalue weighted by Gasteiger charge is -2.34. The molecular weight excluding hydrogens is 534 g/mol. The van der Waals surface area contributed by atoms with E-state index in [4.69, 9.17) is 0 Å². The third kappa shape index (κ3) is 3.92. The molecule has 2 aromatic rings. The monoisotopic (exact) mass is 560 g/mol. The molecule has 3 rings (SSSR count). The van der Waals surface area contributed by atoms with Crippen LogP contribution < -0.4 is 0 Å². The molecule has 25 heavy (non-hydrogen) atoms. The highest BCUT2D eigenvalue weighted by Crippen LogP contribution is 2.53. The molecule has 0 N–H and O–H groups in total. The van der Waals surface area contributed by atoms with Gasteiger partial charge in [-0.15, -0.1) is 0 Å². The number of benzene rings is 2. The molecule has 0 spiro atoms. The average molecular weight is 560 g/mol. The molecule has 0 unspecified atom stereocenters. The van der Waals surface area contributed by atoms with Gasteiger partial charge in [-0.2, -0.15) is 0 Å². The smallest absolute Gasteiger partial charge is 0.0240 e. The van der Waals surface area contributed by atoms with Crippen LogP contribution in [0.5, 0.6) is 0 Å². The Bertz CT molecular complexity index is 703. The minimum Gasteiger partial charge on any atom is -0.309 e. The second-order valence-corrected chi connectivity index (χ2v) is 10.1. The first-order valence-corrected chi connectivity index (χ1v) is 10.9. The largest absolute Gasteiger partial charge is 0.309 e. The summed E-state index contributed by atoms with van der Waals surface area (Å²) in [5.74, 6) is 0. The van der Waals surface area contributed by atoms with Gasteiger partial charge >= 0.3 is 0 Å². The van der Waals surface area contributed by atoms with Crippen molar-refractivity contribution in [1.29, 1.82) is 0 Å². The van der Waals surface area contributed by atoms with Crippen LogP contribution in [0.4, 0.5) is 0 Å². The van der Waals surface area contributed by atoms with Gasteiger partial charge in [-0.25, -0.2) is 0 Å². The van der Waals surface area contributed by atoms with Crippen LogP contribution in [0, 0.1) is 7.14 Å². The summed E-state index contributed by atoms with van der Waals surface area (Å²) in [6, 6.07) is 14.0. The predicted molar refractivity (Wildman–Crippen MR) is 124 cm³/mol. The van der Waals surface area contributed by atoms with Crippen molar-refractivity contribution in [1.82, 2.24) is 9.80 Å². The summed E-state index contributed by atoms with van der Waals surface area (Å²) in [6.45, 7) is 2.20. The third-order valence-corrected chi connectivity index (χ3v) is 6.60. The predicted octanol–water partition coefficient (Wildman–Crippen LogP) is 5.07. The lowest BCUT2D eigenvalue weighted by Crippen LogP contribution is -2.33. The zero-order chi connectivity index (χ0) is 18.2. The van der Waals surface area contributed by atoms with E-state index in [-0.39, 0.29) is 5.41 Å². The quantitative estimate of drug-likeness (QED) is 0.456. The van der Waals surface area contributed by atoms with Crippen molar-refractivity contribution in [2.75, 3.05) is 41.3 Å². The number of rotatable bonds is 6. The standard InChI is InChI=1S/C21H26I2N2/c1-24(2)11-9-21(10-12-25(3)4)19-13-15(22)5-7-17(19)18-8-6-16(23)14-20(18)21/h5-8,13-14H,9-12H2,1-4H3. The second-order valence-electron chi connectivity index (χ2n) is 7.57. The van der Waals surface area contributed by atoms with Crippen LogP contribution >= 0.6 is 45.2 Å². The summed E-state index contributed by atoms with van der Waals surface area (Å²) in [6.07, 6.45) is 2.32. The van der Waals surface area contributed by atoms with E-state index in [9.17, 15) is 0 Å². The molecule has 0 saturated carbocycles. The van der Waals surface area contributed by atoms with E-state index in [1.165, 1.54) is 29.4 Å². The first-order valence-electron chi connectivity index (χ1n) is 8.73. The van der Waals surface area contributed by atoms with Gasteiger partial charge in [0.25, 0.3) is 0 Å². The SMILES string of the molecule is CN(C)CCC1(CCN(C)C)c2cc(I)ccc2-c2ccc(I)cc21. The van der Waals surface area contributed by atoms with Crippen molar-refractivity contribution in [2.24, 2.45) is 0 Å². The Morgan fingerprint density at radius 1 is 0.720 bits per heavy atom. The topological polar surface area (TPSA) is 6.48 Å². The van der Waals surface area contributed by atoms with E-state index < -0.39 is 0 Å². The van der Waals surface area contributed by atoms with E-state index in [0.717, 1.165) is 25.9 Å². The highest BCUT2D eigenvalue weighted by atomic mass is 127. The van der Waals surface area contributed by atoms with Crippen LogP contribution in [0.1, 0.15) is 24.0 Å². The number of hydrogen-bond acceptors (Lipinski definition) is 2. The average Bonchev–Trinajstić information content (AvgIpc) is 2.80. The first-order chi connectivity index (χ1) is 11.8. The number of nitrogens with zero attached hydrogens (tertiary/aromatic N) is 2. The Labute approximate surface area is 179 Å². The summed E-state index contributed by atoms with van der Waals surface area (Å²) in [5.41, 5.74) is 6.04. The molecule has 4 heteroatoms. The summed E-state index contributed by atoms with van der Waals surface area (Å²) in [4.78, 5) is 4.63. The molecule has 0 fully saturated rings. The van der Waals surface area contributed by atoms with Gasteiger partial charge in [0.2, 0.25) is 0 Å². The first kappa shape index (κ1) is 19.6. The highest BCUT2D eigenvalue weighted by Gasteiger charge is 2.42. The molecule has 0 aromatic heterocycles. The Morgan fingerprint density at radius 3 is 1.48 bits per heavy atom. The fourth-order valence-corrected chi connectivity index (χ4v) is 4.91. The molecule has 134 valence electrons. The van der Waals surface area contributed by atoms with Gasteiger partial charge in [0, 0.05) is 12.6 Å². The second kappa shape index (κ2) is 7.82. The summed E-state index contributed by atoms with van der Waals surface area (Å²) < 4.78 is 2.66. The van der Waals surface area contributed by atoms with E-state index >= 15 is 0 Å². The van der Waals surface area contributed by atoms with Gasteiger partial charge in [0.15, 0.2) is 0 Å². The Kier molecular flexibility index (Phi) is 6.13. The van der Waals surface area contributed by atoms with E-state index in [1.807, 2.05) is 0 Å². The summed E-state index contributed by atoms with van der Waals surface area (Å²) in [5, 5.41) is 0. The maximum atomic E-state index is 2.46. The number of fused-ring (bicyclic) bond motifs is 3. The maximum absolute atomic E-state index is 2.46. The zero-order valence-corrected chi connectivity index (χ0v) is 19.8. The van der Waals surface area contributed by atoms with Crippen molar-refractivity contribution in [3.05, 3.63) is 54.7 Å². The molecule has 0 atom stereocenters. The maximum Gasteiger partial charge on any atom is 0.0240 e. The molecular formula is C21H26I2N2. The molecule has 1 aliphatic carbocycles. The fourth-order valence-electron chi connectivity index (χ4n) is 3.93. The zero-order valence-electron chi connectivity index (χ0n) is 15.4. The normalized spacial score (nSPS) is 14.9. The van der Waals surface area contributed by atoms with Gasteiger partial charge in [0.1, 0.15) is 0 Å². The van der Waals surface area contributed by atoms with Crippen LogP contribution in [-0.2, 0) is 5.41 Å². The molecule has 0 radical (unpaired) electrons. The Hall–Kier alpha value is -0.180. The van der Waals surface area contributed by atoms with Gasteiger partial charge < -0.3 is 9.80 Å². The van der Waals surface area contributed by atoms with E-state index in [1.54, 1.807) is 0 Å². The number of hydrogen-bond donors (Lipinski definition) is 0. The molecule has 0 bridgehead atoms. The summed E-state index contributed by atoms with van der Waals surface area (Å²) >= 11 is 4.91. The van der Waals surface area contributed by atoms with Crippen LogP contribution in [-0.4, -0.2) is 51.1 Å². The van der Waals surface area contributed by atoms with Crippen molar-refractivity contribution in [3.8, 4) is 11.1 Å². The van der Waals surface area contributed by atoms with Crippen LogP contribution in [0.3, 0.4) is 0 Å². The lowest BCUT2D eigenvalue weighted by atomic mass is 9.72. The van der Waals surface area contributed by atoms with Crippen molar-refractivity contribution < 1.29 is 0 Å². The van der Waals surface area contributed by atoms with Gasteiger partial charge in [-0.1, -0.05) is 12.1 Å². The van der Waals surface area contributed by atoms with E-state index in [2.05, 4.69) is 120 Å². The van der Waals surface area contributed by atoms with Gasteiger partial charge in [0.05, 0.1) is 0 Å². The molecule has 0 heterocycles. The minimum absolute atomic E-state index is 0.113. The molecule has 2 aromatic carbocycles. The number of halogens is 2. The fraction of sp³-hybridized carbons (Fsp3) is 0.429. The van der Waals surface area contributed by atoms with E-state index in [0.29, 0.717) is 0 Å². The minimum atomic E-state index is 0.113. The Balaban J connectivity index is 2.20. The Morgan fingerprint density at radius 2 is 1.12 bits per heavy atom. The third-order valence-electron chi connectivity index (χ3n) is 5.26.